The van der Waals surface area contributed by atoms with Gasteiger partial charge in [-0.05, 0) is 83.5 Å². The summed E-state index contributed by atoms with van der Waals surface area (Å²) in [5.41, 5.74) is 0. The van der Waals surface area contributed by atoms with E-state index >= 15 is 0 Å². The van der Waals surface area contributed by atoms with Crippen molar-refractivity contribution in [1.82, 2.24) is 0 Å². The smallest absolute Gasteiger partial charge is 0.397 e. The third-order valence-electron chi connectivity index (χ3n) is 9.75. The number of aliphatic hydroxyl groups is 3. The zero-order chi connectivity index (χ0) is 44.7. The van der Waals surface area contributed by atoms with Gasteiger partial charge in [0.1, 0.15) is 30.5 Å². The standard InChI is InChI=1S/C48H80O12S/c1-3-5-7-9-11-13-15-17-19-20-21-22-23-24-26-28-30-32-34-36-38-56-40-42(41-57-48-46(52)47(60-61(53,54)55)45(51)43(39-49)59-48)58-44(50)37-35-33-31-29-27-25-18-16-14-12-10-8-6-4-2/h5,7,11,13,16-19,21-22,24,26,30,32,42-43,45-49,51-52H,3-4,6,8-10,12,14-15,20,23,25,27-29,31,33-41H2,1-2H3,(H,53,54,55)/b7-5-,13-11-,18-16-,19-17-,22-21-,26-24-,32-30-. The predicted molar refractivity (Wildman–Crippen MR) is 243 cm³/mol. The normalized spacial score (nSPS) is 20.9. The fourth-order valence-electron chi connectivity index (χ4n) is 6.33. The van der Waals surface area contributed by atoms with Crippen LogP contribution in [0.15, 0.2) is 85.1 Å². The first-order chi connectivity index (χ1) is 29.6. The lowest BCUT2D eigenvalue weighted by Crippen LogP contribution is -2.60. The second kappa shape index (κ2) is 38.9. The van der Waals surface area contributed by atoms with Gasteiger partial charge in [0.05, 0.1) is 19.8 Å². The van der Waals surface area contributed by atoms with E-state index in [1.807, 2.05) is 0 Å². The van der Waals surface area contributed by atoms with Gasteiger partial charge in [0.15, 0.2) is 6.29 Å². The van der Waals surface area contributed by atoms with Gasteiger partial charge in [0.2, 0.25) is 0 Å². The minimum atomic E-state index is -5.07. The third kappa shape index (κ3) is 32.6. The van der Waals surface area contributed by atoms with Crippen molar-refractivity contribution in [3.05, 3.63) is 85.1 Å². The Morgan fingerprint density at radius 3 is 1.67 bits per heavy atom. The number of unbranched alkanes of at least 4 members (excludes halogenated alkanes) is 11. The van der Waals surface area contributed by atoms with Gasteiger partial charge in [-0.3, -0.25) is 9.35 Å². The van der Waals surface area contributed by atoms with E-state index in [0.717, 1.165) is 89.9 Å². The molecule has 0 radical (unpaired) electrons. The number of carbonyl (C=O) groups excluding carboxylic acids is 1. The molecule has 0 amide bonds. The molecule has 0 spiro atoms. The molecule has 1 fully saturated rings. The lowest BCUT2D eigenvalue weighted by atomic mass is 9.99. The van der Waals surface area contributed by atoms with Gasteiger partial charge in [-0.2, -0.15) is 8.42 Å². The highest BCUT2D eigenvalue weighted by Gasteiger charge is 2.48. The average Bonchev–Trinajstić information content (AvgIpc) is 3.23. The van der Waals surface area contributed by atoms with E-state index in [4.69, 9.17) is 23.5 Å². The lowest BCUT2D eigenvalue weighted by Gasteiger charge is -2.41. The van der Waals surface area contributed by atoms with E-state index in [1.165, 1.54) is 32.1 Å². The quantitative estimate of drug-likeness (QED) is 0.0200. The number of aliphatic hydroxyl groups excluding tert-OH is 3. The molecule has 0 aromatic rings. The predicted octanol–water partition coefficient (Wildman–Crippen LogP) is 9.68. The van der Waals surface area contributed by atoms with Crippen LogP contribution in [0, 0.1) is 0 Å². The van der Waals surface area contributed by atoms with Crippen LogP contribution in [0.4, 0.5) is 0 Å². The highest BCUT2D eigenvalue weighted by atomic mass is 32.3. The Hall–Kier alpha value is -2.72. The van der Waals surface area contributed by atoms with Gasteiger partial charge in [-0.25, -0.2) is 4.18 Å². The summed E-state index contributed by atoms with van der Waals surface area (Å²) in [5, 5.41) is 30.7. The molecule has 13 heteroatoms. The van der Waals surface area contributed by atoms with Gasteiger partial charge in [-0.1, -0.05) is 144 Å². The van der Waals surface area contributed by atoms with Crippen LogP contribution >= 0.6 is 0 Å². The maximum Gasteiger partial charge on any atom is 0.397 e. The average molecular weight is 881 g/mol. The van der Waals surface area contributed by atoms with Crippen molar-refractivity contribution in [2.24, 2.45) is 0 Å². The zero-order valence-electron chi connectivity index (χ0n) is 37.2. The lowest BCUT2D eigenvalue weighted by molar-refractivity contribution is -0.301. The minimum Gasteiger partial charge on any atom is -0.457 e. The number of rotatable bonds is 38. The van der Waals surface area contributed by atoms with E-state index < -0.39 is 59.8 Å². The summed E-state index contributed by atoms with van der Waals surface area (Å²) in [5.74, 6) is -0.432. The number of hydrogen-bond donors (Lipinski definition) is 4. The Morgan fingerprint density at radius 2 is 1.13 bits per heavy atom. The van der Waals surface area contributed by atoms with E-state index in [0.29, 0.717) is 13.0 Å². The molecule has 4 N–H and O–H groups in total. The highest BCUT2D eigenvalue weighted by molar-refractivity contribution is 7.80. The van der Waals surface area contributed by atoms with Crippen molar-refractivity contribution in [2.75, 3.05) is 26.4 Å². The number of hydrogen-bond acceptors (Lipinski definition) is 11. The number of esters is 1. The summed E-state index contributed by atoms with van der Waals surface area (Å²) in [6, 6.07) is 0. The molecule has 6 atom stereocenters. The molecule has 12 nitrogen and oxygen atoms in total. The van der Waals surface area contributed by atoms with Crippen molar-refractivity contribution in [3.63, 3.8) is 0 Å². The Balaban J connectivity index is 2.49. The first-order valence-corrected chi connectivity index (χ1v) is 24.2. The van der Waals surface area contributed by atoms with Crippen LogP contribution in [0.2, 0.25) is 0 Å². The molecule has 1 aliphatic rings. The van der Waals surface area contributed by atoms with Crippen LogP contribution in [0.1, 0.15) is 149 Å². The molecule has 0 aromatic carbocycles. The number of carbonyl (C=O) groups is 1. The van der Waals surface area contributed by atoms with Crippen molar-refractivity contribution in [1.29, 1.82) is 0 Å². The second-order valence-corrected chi connectivity index (χ2v) is 16.3. The fraction of sp³-hybridized carbons (Fsp3) is 0.688. The summed E-state index contributed by atoms with van der Waals surface area (Å²) in [6.45, 7) is 3.68. The second-order valence-electron chi connectivity index (χ2n) is 15.3. The van der Waals surface area contributed by atoms with Crippen LogP contribution in [-0.2, 0) is 38.3 Å². The van der Waals surface area contributed by atoms with Crippen LogP contribution in [-0.4, -0.2) is 97.5 Å². The van der Waals surface area contributed by atoms with Gasteiger partial charge in [-0.15, -0.1) is 0 Å². The van der Waals surface area contributed by atoms with E-state index in [2.05, 4.69) is 103 Å². The molecule has 0 saturated carbocycles. The fourth-order valence-corrected chi connectivity index (χ4v) is 6.84. The molecular weight excluding hydrogens is 801 g/mol. The van der Waals surface area contributed by atoms with Crippen LogP contribution < -0.4 is 0 Å². The maximum absolute atomic E-state index is 12.8. The van der Waals surface area contributed by atoms with Gasteiger partial charge >= 0.3 is 16.4 Å². The topological polar surface area (TPSA) is 178 Å². The van der Waals surface area contributed by atoms with Crippen molar-refractivity contribution in [3.8, 4) is 0 Å². The van der Waals surface area contributed by atoms with Crippen LogP contribution in [0.5, 0.6) is 0 Å². The Morgan fingerprint density at radius 1 is 0.639 bits per heavy atom. The first kappa shape index (κ1) is 56.3. The first-order valence-electron chi connectivity index (χ1n) is 22.8. The Bertz CT molecular complexity index is 1390. The summed E-state index contributed by atoms with van der Waals surface area (Å²) in [4.78, 5) is 12.8. The van der Waals surface area contributed by atoms with Crippen molar-refractivity contribution < 1.29 is 56.2 Å². The summed E-state index contributed by atoms with van der Waals surface area (Å²) < 4.78 is 59.0. The molecule has 6 unspecified atom stereocenters. The molecule has 1 rings (SSSR count). The zero-order valence-corrected chi connectivity index (χ0v) is 38.0. The van der Waals surface area contributed by atoms with Crippen LogP contribution in [0.25, 0.3) is 0 Å². The van der Waals surface area contributed by atoms with E-state index in [1.54, 1.807) is 0 Å². The molecule has 1 heterocycles. The van der Waals surface area contributed by atoms with Gasteiger partial charge in [0, 0.05) is 13.0 Å². The molecule has 61 heavy (non-hydrogen) atoms. The highest BCUT2D eigenvalue weighted by Crippen LogP contribution is 2.26. The molecule has 1 saturated heterocycles. The Kier molecular flexibility index (Phi) is 35.9. The van der Waals surface area contributed by atoms with Crippen molar-refractivity contribution >= 4 is 16.4 Å². The van der Waals surface area contributed by atoms with E-state index in [9.17, 15) is 28.5 Å². The molecular formula is C48H80O12S. The van der Waals surface area contributed by atoms with Gasteiger partial charge in [0.25, 0.3) is 0 Å². The molecule has 350 valence electrons. The monoisotopic (exact) mass is 881 g/mol. The number of allylic oxidation sites excluding steroid dienone is 14. The minimum absolute atomic E-state index is 0.0123. The number of ether oxygens (including phenoxy) is 4. The molecule has 0 aliphatic carbocycles. The summed E-state index contributed by atoms with van der Waals surface area (Å²) in [6.07, 6.45) is 42.0. The SMILES string of the molecule is CC/C=C\C/C=C\C/C=C\C/C=C\C/C=C\C/C=C\CCCOCC(COC1OC(CO)C(O)C(OS(=O)(=O)O)C1O)OC(=O)CCCCCCC/C=C\CCCCCCC. The largest absolute Gasteiger partial charge is 0.457 e. The molecule has 0 bridgehead atoms. The molecule has 1 aliphatic heterocycles. The summed E-state index contributed by atoms with van der Waals surface area (Å²) >= 11 is 0. The van der Waals surface area contributed by atoms with Gasteiger partial charge < -0.3 is 34.3 Å². The molecule has 0 aromatic heterocycles. The Labute approximate surface area is 368 Å². The maximum atomic E-state index is 12.8. The van der Waals surface area contributed by atoms with Crippen molar-refractivity contribution in [2.45, 2.75) is 185 Å². The third-order valence-corrected chi connectivity index (χ3v) is 10.2. The van der Waals surface area contributed by atoms with E-state index in [-0.39, 0.29) is 19.6 Å². The van der Waals surface area contributed by atoms with Crippen LogP contribution in [0.3, 0.4) is 0 Å². The summed E-state index contributed by atoms with van der Waals surface area (Å²) in [7, 11) is -5.07.